The van der Waals surface area contributed by atoms with Gasteiger partial charge in [0.25, 0.3) is 5.91 Å². The van der Waals surface area contributed by atoms with Crippen molar-refractivity contribution in [3.63, 3.8) is 0 Å². The van der Waals surface area contributed by atoms with Crippen molar-refractivity contribution in [1.82, 2.24) is 0 Å². The summed E-state index contributed by atoms with van der Waals surface area (Å²) in [5.41, 5.74) is 2.53. The number of carbonyl (C=O) groups is 1. The molecule has 0 spiro atoms. The van der Waals surface area contributed by atoms with Crippen LogP contribution in [0.5, 0.6) is 5.75 Å². The number of hydrogen-bond acceptors (Lipinski definition) is 3. The van der Waals surface area contributed by atoms with Gasteiger partial charge >= 0.3 is 0 Å². The van der Waals surface area contributed by atoms with Crippen molar-refractivity contribution < 1.29 is 9.53 Å². The zero-order valence-corrected chi connectivity index (χ0v) is 13.2. The predicted molar refractivity (Wildman–Crippen MR) is 91.0 cm³/mol. The summed E-state index contributed by atoms with van der Waals surface area (Å²) in [5.74, 6) is 0.231. The molecule has 0 fully saturated rings. The van der Waals surface area contributed by atoms with E-state index >= 15 is 0 Å². The fourth-order valence-electron chi connectivity index (χ4n) is 2.10. The van der Waals surface area contributed by atoms with E-state index in [-0.39, 0.29) is 5.57 Å². The van der Waals surface area contributed by atoms with E-state index in [4.69, 9.17) is 4.74 Å². The van der Waals surface area contributed by atoms with Gasteiger partial charge in [-0.15, -0.1) is 0 Å². The second kappa shape index (κ2) is 7.81. The Bertz CT molecular complexity index is 773. The maximum atomic E-state index is 12.3. The Kier molecular flexibility index (Phi) is 5.54. The minimum absolute atomic E-state index is 0.0532. The van der Waals surface area contributed by atoms with E-state index in [9.17, 15) is 10.1 Å². The van der Waals surface area contributed by atoms with Crippen LogP contribution in [-0.4, -0.2) is 12.5 Å². The molecule has 116 valence electrons. The lowest BCUT2D eigenvalue weighted by Gasteiger charge is -2.07. The number of ether oxygens (including phenoxy) is 1. The first kappa shape index (κ1) is 16.3. The first-order valence-electron chi connectivity index (χ1n) is 7.35. The summed E-state index contributed by atoms with van der Waals surface area (Å²) in [6.45, 7) is 4.40. The average Bonchev–Trinajstić information content (AvgIpc) is 2.53. The molecule has 2 aromatic rings. The summed E-state index contributed by atoms with van der Waals surface area (Å²) in [5, 5.41) is 12.0. The van der Waals surface area contributed by atoms with Gasteiger partial charge in [0.2, 0.25) is 0 Å². The highest BCUT2D eigenvalue weighted by Gasteiger charge is 2.10. The van der Waals surface area contributed by atoms with Crippen LogP contribution in [-0.2, 0) is 4.79 Å². The van der Waals surface area contributed by atoms with Crippen LogP contribution in [0.2, 0.25) is 0 Å². The monoisotopic (exact) mass is 306 g/mol. The van der Waals surface area contributed by atoms with Crippen molar-refractivity contribution in [2.45, 2.75) is 13.8 Å². The van der Waals surface area contributed by atoms with Crippen LogP contribution in [0.3, 0.4) is 0 Å². The summed E-state index contributed by atoms with van der Waals surface area (Å²) < 4.78 is 5.39. The number of amides is 1. The lowest BCUT2D eigenvalue weighted by molar-refractivity contribution is -0.112. The molecule has 0 bridgehead atoms. The van der Waals surface area contributed by atoms with Crippen LogP contribution in [0.25, 0.3) is 6.08 Å². The zero-order chi connectivity index (χ0) is 16.7. The molecule has 0 saturated heterocycles. The number of carbonyl (C=O) groups excluding carboxylic acids is 1. The quantitative estimate of drug-likeness (QED) is 0.672. The van der Waals surface area contributed by atoms with Gasteiger partial charge in [0.05, 0.1) is 6.61 Å². The summed E-state index contributed by atoms with van der Waals surface area (Å²) in [6, 6.07) is 16.6. The van der Waals surface area contributed by atoms with Gasteiger partial charge in [-0.2, -0.15) is 5.26 Å². The molecule has 2 aromatic carbocycles. The SMILES string of the molecule is CCOc1cccc(NC(=O)/C(C#N)=C\c2cccc(C)c2)c1. The van der Waals surface area contributed by atoms with Crippen molar-refractivity contribution in [1.29, 1.82) is 5.26 Å². The van der Waals surface area contributed by atoms with E-state index in [1.165, 1.54) is 0 Å². The highest BCUT2D eigenvalue weighted by Crippen LogP contribution is 2.18. The molecule has 0 aliphatic carbocycles. The Hall–Kier alpha value is -3.06. The number of hydrogen-bond donors (Lipinski definition) is 1. The third-order valence-electron chi connectivity index (χ3n) is 3.12. The number of nitrogens with zero attached hydrogens (tertiary/aromatic N) is 1. The van der Waals surface area contributed by atoms with Crippen molar-refractivity contribution >= 4 is 17.7 Å². The van der Waals surface area contributed by atoms with E-state index in [2.05, 4.69) is 5.32 Å². The Morgan fingerprint density at radius 3 is 2.74 bits per heavy atom. The maximum absolute atomic E-state index is 12.3. The molecule has 1 N–H and O–H groups in total. The fraction of sp³-hybridized carbons (Fsp3) is 0.158. The highest BCUT2D eigenvalue weighted by atomic mass is 16.5. The maximum Gasteiger partial charge on any atom is 0.266 e. The second-order valence-electron chi connectivity index (χ2n) is 5.00. The molecule has 0 aliphatic heterocycles. The summed E-state index contributed by atoms with van der Waals surface area (Å²) in [7, 11) is 0. The number of benzene rings is 2. The first-order valence-corrected chi connectivity index (χ1v) is 7.35. The van der Waals surface area contributed by atoms with Crippen molar-refractivity contribution in [3.8, 4) is 11.8 Å². The van der Waals surface area contributed by atoms with Gasteiger partial charge in [-0.1, -0.05) is 35.9 Å². The number of nitriles is 1. The molecule has 1 amide bonds. The summed E-state index contributed by atoms with van der Waals surface area (Å²) >= 11 is 0. The molecule has 4 heteroatoms. The largest absolute Gasteiger partial charge is 0.494 e. The summed E-state index contributed by atoms with van der Waals surface area (Å²) in [4.78, 5) is 12.3. The van der Waals surface area contributed by atoms with Gasteiger partial charge in [-0.3, -0.25) is 4.79 Å². The summed E-state index contributed by atoms with van der Waals surface area (Å²) in [6.07, 6.45) is 1.58. The van der Waals surface area contributed by atoms with Gasteiger partial charge in [0.15, 0.2) is 0 Å². The van der Waals surface area contributed by atoms with Crippen LogP contribution in [0.1, 0.15) is 18.1 Å². The van der Waals surface area contributed by atoms with Crippen LogP contribution in [0.15, 0.2) is 54.1 Å². The van der Waals surface area contributed by atoms with Crippen molar-refractivity contribution in [2.75, 3.05) is 11.9 Å². The Balaban J connectivity index is 2.18. The average molecular weight is 306 g/mol. The molecule has 0 aromatic heterocycles. The molecule has 0 atom stereocenters. The van der Waals surface area contributed by atoms with E-state index in [0.717, 1.165) is 11.1 Å². The molecule has 4 nitrogen and oxygen atoms in total. The van der Waals surface area contributed by atoms with E-state index in [1.54, 1.807) is 24.3 Å². The molecule has 0 unspecified atom stereocenters. The zero-order valence-electron chi connectivity index (χ0n) is 13.2. The Morgan fingerprint density at radius 2 is 2.04 bits per heavy atom. The van der Waals surface area contributed by atoms with Gasteiger partial charge in [-0.25, -0.2) is 0 Å². The smallest absolute Gasteiger partial charge is 0.266 e. The normalized spacial score (nSPS) is 10.7. The van der Waals surface area contributed by atoms with E-state index in [1.807, 2.05) is 50.2 Å². The predicted octanol–water partition coefficient (Wildman–Crippen LogP) is 3.94. The Morgan fingerprint density at radius 1 is 1.26 bits per heavy atom. The molecule has 0 heterocycles. The number of nitrogens with one attached hydrogen (secondary N) is 1. The minimum Gasteiger partial charge on any atom is -0.494 e. The lowest BCUT2D eigenvalue weighted by Crippen LogP contribution is -2.13. The van der Waals surface area contributed by atoms with Gasteiger partial charge in [0, 0.05) is 11.8 Å². The van der Waals surface area contributed by atoms with Crippen LogP contribution >= 0.6 is 0 Å². The third kappa shape index (κ3) is 4.72. The van der Waals surface area contributed by atoms with Gasteiger partial charge in [-0.05, 0) is 37.6 Å². The first-order chi connectivity index (χ1) is 11.1. The molecule has 2 rings (SSSR count). The highest BCUT2D eigenvalue weighted by molar-refractivity contribution is 6.09. The van der Waals surface area contributed by atoms with E-state index in [0.29, 0.717) is 18.0 Å². The van der Waals surface area contributed by atoms with Gasteiger partial charge in [0.1, 0.15) is 17.4 Å². The number of aryl methyl sites for hydroxylation is 1. The third-order valence-corrected chi connectivity index (χ3v) is 3.12. The molecular formula is C19H18N2O2. The number of rotatable bonds is 5. The minimum atomic E-state index is -0.442. The van der Waals surface area contributed by atoms with E-state index < -0.39 is 5.91 Å². The van der Waals surface area contributed by atoms with Crippen molar-refractivity contribution in [3.05, 3.63) is 65.2 Å². The topological polar surface area (TPSA) is 62.1 Å². The molecular weight excluding hydrogens is 288 g/mol. The standard InChI is InChI=1S/C19H18N2O2/c1-3-23-18-9-5-8-17(12-18)21-19(22)16(13-20)11-15-7-4-6-14(2)10-15/h4-12H,3H2,1-2H3,(H,21,22)/b16-11-. The molecule has 23 heavy (non-hydrogen) atoms. The second-order valence-corrected chi connectivity index (χ2v) is 5.00. The number of anilines is 1. The lowest BCUT2D eigenvalue weighted by atomic mass is 10.1. The Labute approximate surface area is 136 Å². The molecule has 0 radical (unpaired) electrons. The van der Waals surface area contributed by atoms with Gasteiger partial charge < -0.3 is 10.1 Å². The van der Waals surface area contributed by atoms with Crippen LogP contribution in [0.4, 0.5) is 5.69 Å². The molecule has 0 aliphatic rings. The van der Waals surface area contributed by atoms with Crippen LogP contribution < -0.4 is 10.1 Å². The van der Waals surface area contributed by atoms with Crippen LogP contribution in [0, 0.1) is 18.3 Å². The molecule has 0 saturated carbocycles. The fourth-order valence-corrected chi connectivity index (χ4v) is 2.10. The van der Waals surface area contributed by atoms with Crippen molar-refractivity contribution in [2.24, 2.45) is 0 Å².